The quantitative estimate of drug-likeness (QED) is 0.543. The molecule has 0 atom stereocenters. The van der Waals surface area contributed by atoms with Gasteiger partial charge in [0.25, 0.3) is 5.91 Å². The Morgan fingerprint density at radius 1 is 1.14 bits per heavy atom. The van der Waals surface area contributed by atoms with E-state index in [1.54, 1.807) is 25.3 Å². The summed E-state index contributed by atoms with van der Waals surface area (Å²) >= 11 is 3.55. The zero-order valence-electron chi connectivity index (χ0n) is 17.3. The molecule has 0 aliphatic rings. The van der Waals surface area contributed by atoms with Crippen molar-refractivity contribution in [1.29, 1.82) is 0 Å². The fourth-order valence-electron chi connectivity index (χ4n) is 2.76. The molecule has 29 heavy (non-hydrogen) atoms. The first-order chi connectivity index (χ1) is 13.7. The van der Waals surface area contributed by atoms with Crippen LogP contribution in [-0.2, 0) is 17.8 Å². The van der Waals surface area contributed by atoms with Crippen molar-refractivity contribution in [3.05, 3.63) is 57.8 Å². The van der Waals surface area contributed by atoms with Gasteiger partial charge in [-0.2, -0.15) is 0 Å². The summed E-state index contributed by atoms with van der Waals surface area (Å²) in [4.78, 5) is 12.1. The molecule has 0 heterocycles. The highest BCUT2D eigenvalue weighted by Gasteiger charge is 2.18. The van der Waals surface area contributed by atoms with Crippen LogP contribution in [0.1, 0.15) is 31.9 Å². The van der Waals surface area contributed by atoms with Gasteiger partial charge in [-0.3, -0.25) is 4.79 Å². The molecule has 0 aliphatic heterocycles. The molecular weight excluding hydrogens is 439 g/mol. The van der Waals surface area contributed by atoms with Crippen molar-refractivity contribution in [3.63, 3.8) is 0 Å². The van der Waals surface area contributed by atoms with E-state index >= 15 is 0 Å². The van der Waals surface area contributed by atoms with Crippen molar-refractivity contribution < 1.29 is 18.7 Å². The van der Waals surface area contributed by atoms with E-state index in [0.29, 0.717) is 24.6 Å². The Labute approximate surface area is 180 Å². The van der Waals surface area contributed by atoms with Crippen LogP contribution in [-0.4, -0.2) is 31.7 Å². The molecule has 0 saturated heterocycles. The molecule has 0 saturated carbocycles. The minimum atomic E-state index is -0.327. The lowest BCUT2D eigenvalue weighted by Gasteiger charge is -2.21. The van der Waals surface area contributed by atoms with E-state index in [1.807, 2.05) is 26.8 Å². The molecule has 2 aromatic rings. The Morgan fingerprint density at radius 3 is 2.45 bits per heavy atom. The van der Waals surface area contributed by atoms with Crippen LogP contribution in [0.3, 0.4) is 0 Å². The first kappa shape index (κ1) is 23.2. The Bertz CT molecular complexity index is 820. The second-order valence-electron chi connectivity index (χ2n) is 7.70. The lowest BCUT2D eigenvalue weighted by Crippen LogP contribution is -2.43. The van der Waals surface area contributed by atoms with Crippen molar-refractivity contribution in [2.24, 2.45) is 0 Å². The largest absolute Gasteiger partial charge is 0.493 e. The highest BCUT2D eigenvalue weighted by Crippen LogP contribution is 2.36. The molecule has 0 radical (unpaired) electrons. The fourth-order valence-corrected chi connectivity index (χ4v) is 3.21. The van der Waals surface area contributed by atoms with Gasteiger partial charge in [0, 0.05) is 22.1 Å². The zero-order chi connectivity index (χ0) is 21.4. The van der Waals surface area contributed by atoms with Crippen LogP contribution in [0.4, 0.5) is 4.39 Å². The second kappa shape index (κ2) is 10.6. The van der Waals surface area contributed by atoms with E-state index in [4.69, 9.17) is 9.47 Å². The monoisotopic (exact) mass is 466 g/mol. The highest BCUT2D eigenvalue weighted by molar-refractivity contribution is 9.10. The summed E-state index contributed by atoms with van der Waals surface area (Å²) in [6.45, 7) is 6.88. The van der Waals surface area contributed by atoms with Gasteiger partial charge in [-0.25, -0.2) is 4.39 Å². The summed E-state index contributed by atoms with van der Waals surface area (Å²) in [5, 5.41) is 6.24. The van der Waals surface area contributed by atoms with E-state index < -0.39 is 0 Å². The van der Waals surface area contributed by atoms with Gasteiger partial charge in [-0.15, -0.1) is 0 Å². The number of nitrogens with one attached hydrogen (secondary N) is 2. The van der Waals surface area contributed by atoms with Gasteiger partial charge in [0.2, 0.25) is 0 Å². The molecule has 0 unspecified atom stereocenters. The van der Waals surface area contributed by atoms with E-state index in [2.05, 4.69) is 26.6 Å². The maximum atomic E-state index is 13.0. The third-order valence-electron chi connectivity index (χ3n) is 4.05. The molecule has 0 aromatic heterocycles. The number of rotatable bonds is 9. The van der Waals surface area contributed by atoms with Crippen molar-refractivity contribution >= 4 is 21.8 Å². The number of hydrogen-bond donors (Lipinski definition) is 2. The summed E-state index contributed by atoms with van der Waals surface area (Å²) in [5.41, 5.74) is 1.60. The molecule has 0 spiro atoms. The van der Waals surface area contributed by atoms with Crippen molar-refractivity contribution in [3.8, 4) is 11.5 Å². The summed E-state index contributed by atoms with van der Waals surface area (Å²) in [5.74, 6) is 0.654. The topological polar surface area (TPSA) is 59.6 Å². The van der Waals surface area contributed by atoms with Gasteiger partial charge < -0.3 is 20.1 Å². The van der Waals surface area contributed by atoms with Crippen LogP contribution >= 0.6 is 15.9 Å². The molecule has 5 nitrogen and oxygen atoms in total. The summed E-state index contributed by atoms with van der Waals surface area (Å²) in [6, 6.07) is 10.2. The Hall–Kier alpha value is -2.12. The minimum Gasteiger partial charge on any atom is -0.493 e. The van der Waals surface area contributed by atoms with Crippen LogP contribution < -0.4 is 20.1 Å². The Balaban J connectivity index is 2.01. The van der Waals surface area contributed by atoms with Crippen molar-refractivity contribution in [2.75, 3.05) is 20.3 Å². The maximum absolute atomic E-state index is 13.0. The average molecular weight is 467 g/mol. The maximum Gasteiger partial charge on any atom is 0.258 e. The number of carbonyl (C=O) groups is 1. The number of halogens is 2. The van der Waals surface area contributed by atoms with Crippen molar-refractivity contribution in [1.82, 2.24) is 10.6 Å². The molecular formula is C22H28BrFN2O3. The van der Waals surface area contributed by atoms with Gasteiger partial charge >= 0.3 is 0 Å². The fraction of sp³-hybridized carbons (Fsp3) is 0.409. The zero-order valence-corrected chi connectivity index (χ0v) is 18.9. The third kappa shape index (κ3) is 7.66. The van der Waals surface area contributed by atoms with Crippen LogP contribution in [0.2, 0.25) is 0 Å². The minimum absolute atomic E-state index is 0.105. The Morgan fingerprint density at radius 2 is 1.83 bits per heavy atom. The molecule has 1 amide bonds. The van der Waals surface area contributed by atoms with E-state index in [-0.39, 0.29) is 23.9 Å². The lowest BCUT2D eigenvalue weighted by molar-refractivity contribution is -0.124. The predicted octanol–water partition coefficient (Wildman–Crippen LogP) is 4.22. The molecule has 0 aliphatic carbocycles. The molecule has 2 rings (SSSR count). The number of carbonyl (C=O) groups excluding carboxylic acids is 1. The average Bonchev–Trinajstić information content (AvgIpc) is 2.65. The summed E-state index contributed by atoms with van der Waals surface area (Å²) in [6.07, 6.45) is 0.770. The van der Waals surface area contributed by atoms with E-state index in [9.17, 15) is 9.18 Å². The van der Waals surface area contributed by atoms with Gasteiger partial charge in [0.05, 0.1) is 7.11 Å². The number of ether oxygens (including phenoxy) is 2. The molecule has 158 valence electrons. The molecule has 0 fully saturated rings. The van der Waals surface area contributed by atoms with E-state index in [1.165, 1.54) is 12.1 Å². The van der Waals surface area contributed by atoms with Crippen LogP contribution in [0.5, 0.6) is 11.5 Å². The number of amides is 1. The normalized spacial score (nSPS) is 11.2. The molecule has 2 aromatic carbocycles. The van der Waals surface area contributed by atoms with Gasteiger partial charge in [-0.1, -0.05) is 28.1 Å². The first-order valence-electron chi connectivity index (χ1n) is 9.44. The van der Waals surface area contributed by atoms with Crippen LogP contribution in [0.25, 0.3) is 0 Å². The van der Waals surface area contributed by atoms with Crippen LogP contribution in [0, 0.1) is 5.82 Å². The van der Waals surface area contributed by atoms with Crippen molar-refractivity contribution in [2.45, 2.75) is 39.3 Å². The third-order valence-corrected chi connectivity index (χ3v) is 4.80. The molecule has 7 heteroatoms. The molecule has 2 N–H and O–H groups in total. The summed E-state index contributed by atoms with van der Waals surface area (Å²) in [7, 11) is 1.57. The van der Waals surface area contributed by atoms with Crippen LogP contribution in [0.15, 0.2) is 40.9 Å². The molecule has 0 bridgehead atoms. The SMILES string of the molecule is COc1ccc(Br)c(CNCCc2ccc(F)cc2)c1OCC(=O)NC(C)(C)C. The predicted molar refractivity (Wildman–Crippen MR) is 116 cm³/mol. The second-order valence-corrected chi connectivity index (χ2v) is 8.55. The van der Waals surface area contributed by atoms with Gasteiger partial charge in [0.15, 0.2) is 18.1 Å². The highest BCUT2D eigenvalue weighted by atomic mass is 79.9. The number of methoxy groups -OCH3 is 1. The number of benzene rings is 2. The lowest BCUT2D eigenvalue weighted by atomic mass is 10.1. The summed E-state index contributed by atoms with van der Waals surface area (Å²) < 4.78 is 25.1. The van der Waals surface area contributed by atoms with Gasteiger partial charge in [-0.05, 0) is 63.6 Å². The Kier molecular flexibility index (Phi) is 8.46. The van der Waals surface area contributed by atoms with E-state index in [0.717, 1.165) is 22.0 Å². The number of hydrogen-bond acceptors (Lipinski definition) is 4. The van der Waals surface area contributed by atoms with Gasteiger partial charge in [0.1, 0.15) is 5.82 Å². The standard InChI is InChI=1S/C22H28BrFN2O3/c1-22(2,3)26-20(27)14-29-21-17(18(23)9-10-19(21)28-4)13-25-12-11-15-5-7-16(24)8-6-15/h5-10,25H,11-14H2,1-4H3,(H,26,27). The first-order valence-corrected chi connectivity index (χ1v) is 10.2. The smallest absolute Gasteiger partial charge is 0.258 e.